The van der Waals surface area contributed by atoms with E-state index < -0.39 is 18.0 Å². The third kappa shape index (κ3) is 3.62. The zero-order chi connectivity index (χ0) is 15.4. The molecule has 0 spiro atoms. The Kier molecular flexibility index (Phi) is 4.62. The van der Waals surface area contributed by atoms with Gasteiger partial charge in [-0.3, -0.25) is 4.79 Å². The van der Waals surface area contributed by atoms with Crippen LogP contribution >= 0.6 is 0 Å². The Balaban J connectivity index is 1.90. The Morgan fingerprint density at radius 3 is 2.43 bits per heavy atom. The van der Waals surface area contributed by atoms with Crippen LogP contribution in [0.4, 0.5) is 14.9 Å². The summed E-state index contributed by atoms with van der Waals surface area (Å²) in [5.41, 5.74) is 0.525. The number of carbonyl (C=O) groups is 2. The van der Waals surface area contributed by atoms with E-state index in [4.69, 9.17) is 5.11 Å². The molecule has 0 saturated carbocycles. The van der Waals surface area contributed by atoms with E-state index >= 15 is 0 Å². The summed E-state index contributed by atoms with van der Waals surface area (Å²) < 4.78 is 13.7. The number of para-hydroxylation sites is 1. The van der Waals surface area contributed by atoms with Gasteiger partial charge in [0.05, 0.1) is 5.69 Å². The van der Waals surface area contributed by atoms with Gasteiger partial charge in [0.15, 0.2) is 0 Å². The highest BCUT2D eigenvalue weighted by Gasteiger charge is 2.24. The number of halogens is 1. The normalized spacial score (nSPS) is 16.5. The van der Waals surface area contributed by atoms with Gasteiger partial charge in [0.25, 0.3) is 0 Å². The van der Waals surface area contributed by atoms with Crippen LogP contribution in [0, 0.1) is 5.82 Å². The number of hydrogen-bond acceptors (Lipinski definition) is 3. The third-order valence-electron chi connectivity index (χ3n) is 3.47. The van der Waals surface area contributed by atoms with Gasteiger partial charge in [-0.1, -0.05) is 12.1 Å². The fourth-order valence-corrected chi connectivity index (χ4v) is 2.20. The first-order valence-electron chi connectivity index (χ1n) is 6.77. The van der Waals surface area contributed by atoms with E-state index in [0.29, 0.717) is 31.9 Å². The van der Waals surface area contributed by atoms with Crippen LogP contribution in [0.5, 0.6) is 0 Å². The minimum Gasteiger partial charge on any atom is -0.480 e. The lowest BCUT2D eigenvalue weighted by molar-refractivity contribution is -0.138. The van der Waals surface area contributed by atoms with Crippen molar-refractivity contribution in [2.45, 2.75) is 13.0 Å². The molecule has 0 aliphatic carbocycles. The predicted octanol–water partition coefficient (Wildman–Crippen LogP) is 1.13. The standard InChI is InChI=1S/C14H18FN3O3/c1-10(13(19)20)16-14(21)18-8-6-17(7-9-18)12-5-3-2-4-11(12)15/h2-5,10H,6-9H2,1H3,(H,16,21)(H,19,20). The number of nitrogens with zero attached hydrogens (tertiary/aromatic N) is 2. The Morgan fingerprint density at radius 2 is 1.86 bits per heavy atom. The van der Waals surface area contributed by atoms with E-state index in [1.807, 2.05) is 4.90 Å². The van der Waals surface area contributed by atoms with Gasteiger partial charge < -0.3 is 20.2 Å². The lowest BCUT2D eigenvalue weighted by Crippen LogP contribution is -2.54. The number of benzene rings is 1. The number of carboxylic acid groups (broad SMARTS) is 1. The highest BCUT2D eigenvalue weighted by molar-refractivity contribution is 5.82. The summed E-state index contributed by atoms with van der Waals surface area (Å²) in [5, 5.41) is 11.2. The van der Waals surface area contributed by atoms with Crippen molar-refractivity contribution in [1.29, 1.82) is 0 Å². The number of rotatable bonds is 3. The molecule has 1 heterocycles. The van der Waals surface area contributed by atoms with E-state index in [2.05, 4.69) is 5.32 Å². The first-order valence-corrected chi connectivity index (χ1v) is 6.77. The molecule has 1 fully saturated rings. The second kappa shape index (κ2) is 6.43. The number of amides is 2. The zero-order valence-electron chi connectivity index (χ0n) is 11.8. The highest BCUT2D eigenvalue weighted by Crippen LogP contribution is 2.20. The fraction of sp³-hybridized carbons (Fsp3) is 0.429. The molecule has 0 bridgehead atoms. The molecule has 1 aliphatic heterocycles. The van der Waals surface area contributed by atoms with Gasteiger partial charge in [-0.25, -0.2) is 9.18 Å². The van der Waals surface area contributed by atoms with Crippen molar-refractivity contribution in [3.05, 3.63) is 30.1 Å². The summed E-state index contributed by atoms with van der Waals surface area (Å²) in [7, 11) is 0. The average Bonchev–Trinajstić information content (AvgIpc) is 2.47. The summed E-state index contributed by atoms with van der Waals surface area (Å²) in [6, 6.07) is 5.18. The van der Waals surface area contributed by atoms with Crippen molar-refractivity contribution in [3.8, 4) is 0 Å². The summed E-state index contributed by atoms with van der Waals surface area (Å²) in [5.74, 6) is -1.36. The van der Waals surface area contributed by atoms with Crippen LogP contribution in [0.15, 0.2) is 24.3 Å². The van der Waals surface area contributed by atoms with E-state index in [9.17, 15) is 14.0 Å². The van der Waals surface area contributed by atoms with E-state index in [1.165, 1.54) is 17.9 Å². The minimum absolute atomic E-state index is 0.282. The molecule has 1 atom stereocenters. The Bertz CT molecular complexity index is 530. The minimum atomic E-state index is -1.08. The molecular formula is C14H18FN3O3. The predicted molar refractivity (Wildman–Crippen MR) is 75.8 cm³/mol. The Morgan fingerprint density at radius 1 is 1.24 bits per heavy atom. The van der Waals surface area contributed by atoms with Gasteiger partial charge in [0.1, 0.15) is 11.9 Å². The summed E-state index contributed by atoms with van der Waals surface area (Å²) in [4.78, 5) is 26.0. The van der Waals surface area contributed by atoms with Crippen molar-refractivity contribution < 1.29 is 19.1 Å². The molecule has 2 rings (SSSR count). The lowest BCUT2D eigenvalue weighted by atomic mass is 10.2. The quantitative estimate of drug-likeness (QED) is 0.877. The molecule has 1 aromatic rings. The highest BCUT2D eigenvalue weighted by atomic mass is 19.1. The summed E-state index contributed by atoms with van der Waals surface area (Å²) in [6.45, 7) is 3.28. The molecule has 1 saturated heterocycles. The maximum absolute atomic E-state index is 13.7. The summed E-state index contributed by atoms with van der Waals surface area (Å²) >= 11 is 0. The van der Waals surface area contributed by atoms with Crippen molar-refractivity contribution in [2.75, 3.05) is 31.1 Å². The number of anilines is 1. The monoisotopic (exact) mass is 295 g/mol. The molecule has 1 aliphatic rings. The van der Waals surface area contributed by atoms with E-state index in [0.717, 1.165) is 0 Å². The van der Waals surface area contributed by atoms with Gasteiger partial charge in [0.2, 0.25) is 0 Å². The number of hydrogen-bond donors (Lipinski definition) is 2. The van der Waals surface area contributed by atoms with Gasteiger partial charge in [-0.15, -0.1) is 0 Å². The molecular weight excluding hydrogens is 277 g/mol. The second-order valence-corrected chi connectivity index (χ2v) is 4.93. The molecule has 7 heteroatoms. The van der Waals surface area contributed by atoms with Gasteiger partial charge >= 0.3 is 12.0 Å². The smallest absolute Gasteiger partial charge is 0.325 e. The average molecular weight is 295 g/mol. The SMILES string of the molecule is CC(NC(=O)N1CCN(c2ccccc2F)CC1)C(=O)O. The molecule has 114 valence electrons. The van der Waals surface area contributed by atoms with Crippen LogP contribution in [-0.2, 0) is 4.79 Å². The third-order valence-corrected chi connectivity index (χ3v) is 3.47. The molecule has 0 aromatic heterocycles. The number of urea groups is 1. The maximum Gasteiger partial charge on any atom is 0.325 e. The number of aliphatic carboxylic acids is 1. The second-order valence-electron chi connectivity index (χ2n) is 4.93. The molecule has 6 nitrogen and oxygen atoms in total. The first kappa shape index (κ1) is 15.1. The molecule has 2 N–H and O–H groups in total. The van der Waals surface area contributed by atoms with Crippen LogP contribution in [-0.4, -0.2) is 54.2 Å². The van der Waals surface area contributed by atoms with Gasteiger partial charge in [0, 0.05) is 26.2 Å². The van der Waals surface area contributed by atoms with Crippen molar-refractivity contribution >= 4 is 17.7 Å². The topological polar surface area (TPSA) is 72.9 Å². The molecule has 1 unspecified atom stereocenters. The molecule has 0 radical (unpaired) electrons. The molecule has 1 aromatic carbocycles. The van der Waals surface area contributed by atoms with Crippen LogP contribution < -0.4 is 10.2 Å². The van der Waals surface area contributed by atoms with Crippen molar-refractivity contribution in [1.82, 2.24) is 10.2 Å². The zero-order valence-corrected chi connectivity index (χ0v) is 11.8. The van der Waals surface area contributed by atoms with Crippen molar-refractivity contribution in [3.63, 3.8) is 0 Å². The number of carbonyl (C=O) groups excluding carboxylic acids is 1. The summed E-state index contributed by atoms with van der Waals surface area (Å²) in [6.07, 6.45) is 0. The van der Waals surface area contributed by atoms with Crippen LogP contribution in [0.1, 0.15) is 6.92 Å². The van der Waals surface area contributed by atoms with E-state index in [1.54, 1.807) is 18.2 Å². The number of nitrogens with one attached hydrogen (secondary N) is 1. The maximum atomic E-state index is 13.7. The van der Waals surface area contributed by atoms with E-state index in [-0.39, 0.29) is 5.82 Å². The van der Waals surface area contributed by atoms with Crippen LogP contribution in [0.2, 0.25) is 0 Å². The molecule has 2 amide bonds. The van der Waals surface area contributed by atoms with Gasteiger partial charge in [-0.2, -0.15) is 0 Å². The van der Waals surface area contributed by atoms with Crippen molar-refractivity contribution in [2.24, 2.45) is 0 Å². The molecule has 21 heavy (non-hydrogen) atoms. The first-order chi connectivity index (χ1) is 9.99. The Labute approximate surface area is 122 Å². The largest absolute Gasteiger partial charge is 0.480 e. The Hall–Kier alpha value is -2.31. The number of piperazine rings is 1. The lowest BCUT2D eigenvalue weighted by Gasteiger charge is -2.36. The van der Waals surface area contributed by atoms with Crippen LogP contribution in [0.25, 0.3) is 0 Å². The van der Waals surface area contributed by atoms with Gasteiger partial charge in [-0.05, 0) is 19.1 Å². The van der Waals surface area contributed by atoms with Crippen LogP contribution in [0.3, 0.4) is 0 Å². The fourth-order valence-electron chi connectivity index (χ4n) is 2.20. The number of carboxylic acids is 1.